The average Bonchev–Trinajstić information content (AvgIpc) is 2.36. The lowest BCUT2D eigenvalue weighted by Gasteiger charge is -2.15. The Bertz CT molecular complexity index is 626. The lowest BCUT2D eigenvalue weighted by atomic mass is 10.0. The zero-order chi connectivity index (χ0) is 14.2. The van der Waals surface area contributed by atoms with Crippen LogP contribution in [0.3, 0.4) is 0 Å². The van der Waals surface area contributed by atoms with Crippen LogP contribution in [0.4, 0.5) is 8.78 Å². The maximum atomic E-state index is 13.9. The van der Waals surface area contributed by atoms with Crippen LogP contribution < -0.4 is 0 Å². The van der Waals surface area contributed by atoms with E-state index in [9.17, 15) is 8.78 Å². The predicted molar refractivity (Wildman–Crippen MR) is 83.7 cm³/mol. The summed E-state index contributed by atoms with van der Waals surface area (Å²) in [5, 5.41) is 0. The molecule has 0 amide bonds. The van der Waals surface area contributed by atoms with E-state index >= 15 is 0 Å². The predicted octanol–water partition coefficient (Wildman–Crippen LogP) is 6.28. The Labute approximate surface area is 135 Å². The Morgan fingerprint density at radius 3 is 2.32 bits per heavy atom. The third-order valence-electron chi connectivity index (χ3n) is 2.78. The Hall–Kier alpha value is -0.260. The van der Waals surface area contributed by atoms with E-state index in [1.165, 1.54) is 6.07 Å². The molecule has 5 heteroatoms. The first-order valence-electron chi connectivity index (χ1n) is 5.44. The van der Waals surface area contributed by atoms with E-state index in [0.29, 0.717) is 11.1 Å². The van der Waals surface area contributed by atoms with E-state index in [4.69, 9.17) is 0 Å². The largest absolute Gasteiger partial charge is 0.207 e. The van der Waals surface area contributed by atoms with E-state index < -0.39 is 11.6 Å². The van der Waals surface area contributed by atoms with Gasteiger partial charge in [0.15, 0.2) is 0 Å². The van der Waals surface area contributed by atoms with Gasteiger partial charge in [-0.1, -0.05) is 47.8 Å². The fourth-order valence-corrected chi connectivity index (χ4v) is 3.64. The van der Waals surface area contributed by atoms with Gasteiger partial charge < -0.3 is 0 Å². The molecule has 0 saturated carbocycles. The number of hydrogen-bond acceptors (Lipinski definition) is 0. The van der Waals surface area contributed by atoms with Crippen molar-refractivity contribution in [2.45, 2.75) is 11.8 Å². The van der Waals surface area contributed by atoms with Gasteiger partial charge in [0.25, 0.3) is 0 Å². The van der Waals surface area contributed by atoms with Gasteiger partial charge in [0.1, 0.15) is 11.6 Å². The van der Waals surface area contributed by atoms with Crippen LogP contribution in [0.1, 0.15) is 21.5 Å². The summed E-state index contributed by atoms with van der Waals surface area (Å²) < 4.78 is 29.0. The molecule has 2 rings (SSSR count). The highest BCUT2D eigenvalue weighted by Crippen LogP contribution is 2.38. The molecule has 0 aliphatic heterocycles. The lowest BCUT2D eigenvalue weighted by Crippen LogP contribution is -2.00. The molecule has 0 aromatic heterocycles. The van der Waals surface area contributed by atoms with E-state index in [1.54, 1.807) is 6.92 Å². The van der Waals surface area contributed by atoms with Crippen molar-refractivity contribution in [1.82, 2.24) is 0 Å². The second kappa shape index (κ2) is 6.02. The molecule has 0 nitrogen and oxygen atoms in total. The quantitative estimate of drug-likeness (QED) is 0.468. The van der Waals surface area contributed by atoms with Crippen molar-refractivity contribution in [2.75, 3.05) is 0 Å². The number of rotatable bonds is 2. The summed E-state index contributed by atoms with van der Waals surface area (Å²) in [6, 6.07) is 8.10. The molecule has 0 spiro atoms. The first-order chi connectivity index (χ1) is 8.90. The fourth-order valence-electron chi connectivity index (χ4n) is 1.75. The standard InChI is InChI=1S/C14H9Br3F2/c1-7-4-10(13(19)6-12(7)18)14(17)9-5-8(15)2-3-11(9)16/h2-6,14H,1H3. The van der Waals surface area contributed by atoms with Crippen molar-refractivity contribution in [2.24, 2.45) is 0 Å². The second-order valence-electron chi connectivity index (χ2n) is 4.15. The van der Waals surface area contributed by atoms with E-state index in [2.05, 4.69) is 47.8 Å². The van der Waals surface area contributed by atoms with Gasteiger partial charge >= 0.3 is 0 Å². The number of hydrogen-bond donors (Lipinski definition) is 0. The SMILES string of the molecule is Cc1cc(C(Br)c2cc(Br)ccc2Br)c(F)cc1F. The molecule has 2 aromatic rings. The zero-order valence-electron chi connectivity index (χ0n) is 9.85. The second-order valence-corrected chi connectivity index (χ2v) is 6.84. The van der Waals surface area contributed by atoms with Crippen molar-refractivity contribution in [3.05, 3.63) is 67.6 Å². The summed E-state index contributed by atoms with van der Waals surface area (Å²) >= 11 is 10.3. The topological polar surface area (TPSA) is 0 Å². The molecule has 0 aliphatic rings. The molecule has 2 aromatic carbocycles. The van der Waals surface area contributed by atoms with Gasteiger partial charge in [-0.25, -0.2) is 8.78 Å². The number of benzene rings is 2. The minimum absolute atomic E-state index is 0.348. The first kappa shape index (κ1) is 15.1. The molecule has 100 valence electrons. The van der Waals surface area contributed by atoms with E-state index in [0.717, 1.165) is 20.6 Å². The van der Waals surface area contributed by atoms with Crippen LogP contribution in [0, 0.1) is 18.6 Å². The fraction of sp³-hybridized carbons (Fsp3) is 0.143. The summed E-state index contributed by atoms with van der Waals surface area (Å²) in [5.41, 5.74) is 1.71. The highest BCUT2D eigenvalue weighted by atomic mass is 79.9. The molecule has 1 unspecified atom stereocenters. The third-order valence-corrected chi connectivity index (χ3v) is 4.98. The number of halogens is 5. The smallest absolute Gasteiger partial charge is 0.130 e. The molecule has 0 bridgehead atoms. The molecular weight excluding hydrogens is 446 g/mol. The maximum Gasteiger partial charge on any atom is 0.130 e. The van der Waals surface area contributed by atoms with Crippen LogP contribution in [0.15, 0.2) is 39.3 Å². The molecule has 0 N–H and O–H groups in total. The van der Waals surface area contributed by atoms with E-state index in [1.807, 2.05) is 18.2 Å². The van der Waals surface area contributed by atoms with Crippen LogP contribution in [0.25, 0.3) is 0 Å². The van der Waals surface area contributed by atoms with Gasteiger partial charge in [-0.15, -0.1) is 0 Å². The van der Waals surface area contributed by atoms with Gasteiger partial charge in [-0.2, -0.15) is 0 Å². The van der Waals surface area contributed by atoms with Crippen molar-refractivity contribution >= 4 is 47.8 Å². The highest BCUT2D eigenvalue weighted by Gasteiger charge is 2.19. The minimum atomic E-state index is -0.558. The van der Waals surface area contributed by atoms with Crippen LogP contribution in [0.5, 0.6) is 0 Å². The number of aryl methyl sites for hydroxylation is 1. The Balaban J connectivity index is 2.52. The highest BCUT2D eigenvalue weighted by molar-refractivity contribution is 9.11. The normalized spacial score (nSPS) is 12.5. The van der Waals surface area contributed by atoms with Gasteiger partial charge in [0.2, 0.25) is 0 Å². The van der Waals surface area contributed by atoms with Crippen molar-refractivity contribution in [3.63, 3.8) is 0 Å². The molecule has 19 heavy (non-hydrogen) atoms. The van der Waals surface area contributed by atoms with Gasteiger partial charge in [-0.3, -0.25) is 0 Å². The number of alkyl halides is 1. The lowest BCUT2D eigenvalue weighted by molar-refractivity contribution is 0.569. The van der Waals surface area contributed by atoms with Crippen molar-refractivity contribution in [3.8, 4) is 0 Å². The minimum Gasteiger partial charge on any atom is -0.207 e. The molecule has 0 heterocycles. The van der Waals surface area contributed by atoms with Crippen molar-refractivity contribution in [1.29, 1.82) is 0 Å². The maximum absolute atomic E-state index is 13.9. The summed E-state index contributed by atoms with van der Waals surface area (Å²) in [4.78, 5) is -0.348. The molecule has 0 aliphatic carbocycles. The third kappa shape index (κ3) is 3.26. The van der Waals surface area contributed by atoms with Crippen LogP contribution in [-0.2, 0) is 0 Å². The first-order valence-corrected chi connectivity index (χ1v) is 7.95. The monoisotopic (exact) mass is 452 g/mol. The molecule has 1 atom stereocenters. The molecule has 0 fully saturated rings. The molecular formula is C14H9Br3F2. The summed E-state index contributed by atoms with van der Waals surface area (Å²) in [6.45, 7) is 1.62. The summed E-state index contributed by atoms with van der Waals surface area (Å²) in [5.74, 6) is -1.09. The Morgan fingerprint density at radius 1 is 0.947 bits per heavy atom. The zero-order valence-corrected chi connectivity index (χ0v) is 14.6. The Kier molecular flexibility index (Phi) is 4.79. The summed E-state index contributed by atoms with van der Waals surface area (Å²) in [6.07, 6.45) is 0. The van der Waals surface area contributed by atoms with E-state index in [-0.39, 0.29) is 4.83 Å². The molecule has 0 radical (unpaired) electrons. The van der Waals surface area contributed by atoms with Gasteiger partial charge in [0.05, 0.1) is 4.83 Å². The van der Waals surface area contributed by atoms with Crippen molar-refractivity contribution < 1.29 is 8.78 Å². The average molecular weight is 455 g/mol. The van der Waals surface area contributed by atoms with Gasteiger partial charge in [-0.05, 0) is 42.3 Å². The van der Waals surface area contributed by atoms with Crippen LogP contribution >= 0.6 is 47.8 Å². The summed E-state index contributed by atoms with van der Waals surface area (Å²) in [7, 11) is 0. The van der Waals surface area contributed by atoms with Crippen LogP contribution in [0.2, 0.25) is 0 Å². The Morgan fingerprint density at radius 2 is 1.63 bits per heavy atom. The van der Waals surface area contributed by atoms with Gasteiger partial charge in [0, 0.05) is 20.6 Å². The molecule has 0 saturated heterocycles. The van der Waals surface area contributed by atoms with Crippen LogP contribution in [-0.4, -0.2) is 0 Å².